The van der Waals surface area contributed by atoms with Gasteiger partial charge < -0.3 is 5.32 Å². The van der Waals surface area contributed by atoms with Crippen molar-refractivity contribution < 1.29 is 9.59 Å². The molecule has 1 aromatic rings. The SMILES string of the molecule is O=C1Nc2nc(Cl)ccc2C1=O. The van der Waals surface area contributed by atoms with Crippen LogP contribution in [0.5, 0.6) is 0 Å². The number of pyridine rings is 1. The van der Waals surface area contributed by atoms with Crippen LogP contribution in [0.3, 0.4) is 0 Å². The normalized spacial score (nSPS) is 14.4. The monoisotopic (exact) mass is 182 g/mol. The number of Topliss-reactive ketones (excluding diaryl/α,β-unsaturated/α-hetero) is 1. The number of fused-ring (bicyclic) bond motifs is 1. The number of anilines is 1. The molecule has 12 heavy (non-hydrogen) atoms. The summed E-state index contributed by atoms with van der Waals surface area (Å²) in [4.78, 5) is 25.6. The summed E-state index contributed by atoms with van der Waals surface area (Å²) in [6.45, 7) is 0. The summed E-state index contributed by atoms with van der Waals surface area (Å²) < 4.78 is 0. The van der Waals surface area contributed by atoms with Crippen molar-refractivity contribution >= 4 is 29.1 Å². The highest BCUT2D eigenvalue weighted by Gasteiger charge is 2.28. The van der Waals surface area contributed by atoms with Gasteiger partial charge in [-0.05, 0) is 12.1 Å². The van der Waals surface area contributed by atoms with E-state index in [-0.39, 0.29) is 16.5 Å². The van der Waals surface area contributed by atoms with E-state index in [1.165, 1.54) is 12.1 Å². The van der Waals surface area contributed by atoms with Gasteiger partial charge in [0.2, 0.25) is 0 Å². The van der Waals surface area contributed by atoms with Crippen molar-refractivity contribution in [3.05, 3.63) is 22.8 Å². The lowest BCUT2D eigenvalue weighted by Crippen LogP contribution is -2.12. The van der Waals surface area contributed by atoms with Gasteiger partial charge in [-0.15, -0.1) is 0 Å². The first-order chi connectivity index (χ1) is 5.68. The number of ketones is 1. The summed E-state index contributed by atoms with van der Waals surface area (Å²) in [5.74, 6) is -0.966. The number of aromatic nitrogens is 1. The molecule has 0 bridgehead atoms. The number of amides is 1. The summed E-state index contributed by atoms with van der Waals surface area (Å²) in [7, 11) is 0. The fourth-order valence-electron chi connectivity index (χ4n) is 1.00. The quantitative estimate of drug-likeness (QED) is 0.479. The minimum Gasteiger partial charge on any atom is -0.303 e. The number of carbonyl (C=O) groups excluding carboxylic acids is 2. The molecular formula is C7H3ClN2O2. The first kappa shape index (κ1) is 7.24. The van der Waals surface area contributed by atoms with E-state index in [1.54, 1.807) is 0 Å². The van der Waals surface area contributed by atoms with Crippen LogP contribution in [0.1, 0.15) is 10.4 Å². The number of hydrogen-bond donors (Lipinski definition) is 1. The number of hydrogen-bond acceptors (Lipinski definition) is 3. The van der Waals surface area contributed by atoms with E-state index in [1.807, 2.05) is 0 Å². The van der Waals surface area contributed by atoms with Crippen LogP contribution in [0.25, 0.3) is 0 Å². The molecule has 0 unspecified atom stereocenters. The molecule has 0 fully saturated rings. The Hall–Kier alpha value is -1.42. The maximum atomic E-state index is 11.0. The largest absolute Gasteiger partial charge is 0.303 e. The summed E-state index contributed by atoms with van der Waals surface area (Å²) in [5.41, 5.74) is 0.282. The van der Waals surface area contributed by atoms with Crippen LogP contribution in [0.4, 0.5) is 5.82 Å². The van der Waals surface area contributed by atoms with E-state index in [0.717, 1.165) is 0 Å². The Labute approximate surface area is 72.6 Å². The third-order valence-electron chi connectivity index (χ3n) is 1.54. The zero-order chi connectivity index (χ0) is 8.72. The van der Waals surface area contributed by atoms with Crippen LogP contribution in [0.2, 0.25) is 5.15 Å². The summed E-state index contributed by atoms with van der Waals surface area (Å²) in [6, 6.07) is 2.95. The van der Waals surface area contributed by atoms with Crippen molar-refractivity contribution in [2.24, 2.45) is 0 Å². The molecule has 4 nitrogen and oxygen atoms in total. The average molecular weight is 183 g/mol. The zero-order valence-corrected chi connectivity index (χ0v) is 6.55. The molecule has 5 heteroatoms. The van der Waals surface area contributed by atoms with Crippen molar-refractivity contribution in [3.8, 4) is 0 Å². The molecule has 0 radical (unpaired) electrons. The predicted molar refractivity (Wildman–Crippen MR) is 42.2 cm³/mol. The molecule has 1 N–H and O–H groups in total. The van der Waals surface area contributed by atoms with Gasteiger partial charge in [-0.1, -0.05) is 11.6 Å². The van der Waals surface area contributed by atoms with Crippen LogP contribution in [-0.4, -0.2) is 16.7 Å². The fraction of sp³-hybridized carbons (Fsp3) is 0. The molecular weight excluding hydrogens is 180 g/mol. The highest BCUT2D eigenvalue weighted by atomic mass is 35.5. The number of carbonyl (C=O) groups is 2. The molecule has 1 aliphatic heterocycles. The smallest absolute Gasteiger partial charge is 0.298 e. The number of rotatable bonds is 0. The van der Waals surface area contributed by atoms with E-state index in [4.69, 9.17) is 11.6 Å². The van der Waals surface area contributed by atoms with Gasteiger partial charge in [-0.25, -0.2) is 4.98 Å². The van der Waals surface area contributed by atoms with Gasteiger partial charge in [-0.2, -0.15) is 0 Å². The Morgan fingerprint density at radius 3 is 2.83 bits per heavy atom. The molecule has 1 amide bonds. The van der Waals surface area contributed by atoms with E-state index < -0.39 is 11.7 Å². The molecule has 0 atom stereocenters. The average Bonchev–Trinajstić information content (AvgIpc) is 2.28. The second-order valence-electron chi connectivity index (χ2n) is 2.31. The Morgan fingerprint density at radius 2 is 2.08 bits per heavy atom. The molecule has 60 valence electrons. The van der Waals surface area contributed by atoms with Gasteiger partial charge in [0.1, 0.15) is 11.0 Å². The van der Waals surface area contributed by atoms with Gasteiger partial charge in [0.25, 0.3) is 11.7 Å². The van der Waals surface area contributed by atoms with Crippen molar-refractivity contribution in [3.63, 3.8) is 0 Å². The van der Waals surface area contributed by atoms with Crippen molar-refractivity contribution in [1.29, 1.82) is 0 Å². The molecule has 0 spiro atoms. The van der Waals surface area contributed by atoms with Crippen LogP contribution in [-0.2, 0) is 4.79 Å². The number of nitrogens with zero attached hydrogens (tertiary/aromatic N) is 1. The highest BCUT2D eigenvalue weighted by Crippen LogP contribution is 2.21. The third-order valence-corrected chi connectivity index (χ3v) is 1.75. The first-order valence-corrected chi connectivity index (χ1v) is 3.58. The lowest BCUT2D eigenvalue weighted by molar-refractivity contribution is -0.112. The second kappa shape index (κ2) is 2.28. The maximum absolute atomic E-state index is 11.0. The Balaban J connectivity index is 2.62. The summed E-state index contributed by atoms with van der Waals surface area (Å²) in [6.07, 6.45) is 0. The minimum absolute atomic E-state index is 0.248. The van der Waals surface area contributed by atoms with E-state index in [0.29, 0.717) is 0 Å². The van der Waals surface area contributed by atoms with Gasteiger partial charge in [0.15, 0.2) is 0 Å². The number of halogens is 1. The molecule has 0 saturated carbocycles. The standard InChI is InChI=1S/C7H3ClN2O2/c8-4-2-1-3-5(11)7(12)10-6(3)9-4/h1-2H,(H,9,10,11,12). The van der Waals surface area contributed by atoms with Gasteiger partial charge in [0, 0.05) is 0 Å². The second-order valence-corrected chi connectivity index (χ2v) is 2.70. The molecule has 1 aromatic heterocycles. The molecule has 1 aliphatic rings. The topological polar surface area (TPSA) is 59.1 Å². The molecule has 0 aromatic carbocycles. The van der Waals surface area contributed by atoms with Crippen LogP contribution in [0.15, 0.2) is 12.1 Å². The van der Waals surface area contributed by atoms with Crippen LogP contribution in [0, 0.1) is 0 Å². The Kier molecular flexibility index (Phi) is 1.38. The van der Waals surface area contributed by atoms with Crippen molar-refractivity contribution in [2.45, 2.75) is 0 Å². The van der Waals surface area contributed by atoms with E-state index in [9.17, 15) is 9.59 Å². The molecule has 0 aliphatic carbocycles. The van der Waals surface area contributed by atoms with E-state index >= 15 is 0 Å². The van der Waals surface area contributed by atoms with Gasteiger partial charge in [-0.3, -0.25) is 9.59 Å². The number of nitrogens with one attached hydrogen (secondary N) is 1. The molecule has 2 rings (SSSR count). The van der Waals surface area contributed by atoms with Gasteiger partial charge >= 0.3 is 0 Å². The van der Waals surface area contributed by atoms with Crippen LogP contribution < -0.4 is 5.32 Å². The zero-order valence-electron chi connectivity index (χ0n) is 5.80. The fourth-order valence-corrected chi connectivity index (χ4v) is 1.15. The molecule has 0 saturated heterocycles. The highest BCUT2D eigenvalue weighted by molar-refractivity contribution is 6.51. The van der Waals surface area contributed by atoms with Crippen LogP contribution >= 0.6 is 11.6 Å². The summed E-state index contributed by atoms with van der Waals surface area (Å²) >= 11 is 5.55. The third kappa shape index (κ3) is 0.887. The molecule has 2 heterocycles. The lowest BCUT2D eigenvalue weighted by Gasteiger charge is -1.93. The van der Waals surface area contributed by atoms with Gasteiger partial charge in [0.05, 0.1) is 5.56 Å². The van der Waals surface area contributed by atoms with Crippen molar-refractivity contribution in [2.75, 3.05) is 5.32 Å². The maximum Gasteiger partial charge on any atom is 0.298 e. The van der Waals surface area contributed by atoms with Crippen molar-refractivity contribution in [1.82, 2.24) is 4.98 Å². The first-order valence-electron chi connectivity index (χ1n) is 3.21. The predicted octanol–water partition coefficient (Wildman–Crippen LogP) is 0.870. The lowest BCUT2D eigenvalue weighted by atomic mass is 10.2. The van der Waals surface area contributed by atoms with E-state index in [2.05, 4.69) is 10.3 Å². The minimum atomic E-state index is -0.653. The summed E-state index contributed by atoms with van der Waals surface area (Å²) in [5, 5.41) is 2.56. The Morgan fingerprint density at radius 1 is 1.33 bits per heavy atom. The Bertz CT molecular complexity index is 389.